The molecule has 0 amide bonds. The molecule has 15 heavy (non-hydrogen) atoms. The van der Waals surface area contributed by atoms with Crippen molar-refractivity contribution in [1.29, 1.82) is 0 Å². The Balaban J connectivity index is 2.47. The number of aryl methyl sites for hydroxylation is 2. The molecule has 2 rings (SSSR count). The van der Waals surface area contributed by atoms with Gasteiger partial charge in [0.15, 0.2) is 0 Å². The van der Waals surface area contributed by atoms with Gasteiger partial charge in [-0.3, -0.25) is 0 Å². The number of nitrogens with zero attached hydrogens (tertiary/aromatic N) is 3. The van der Waals surface area contributed by atoms with Crippen LogP contribution in [0.5, 0.6) is 0 Å². The molecule has 0 spiro atoms. The van der Waals surface area contributed by atoms with Gasteiger partial charge in [-0.15, -0.1) is 0 Å². The molecular formula is C12H17N3. The van der Waals surface area contributed by atoms with E-state index < -0.39 is 0 Å². The predicted molar refractivity (Wildman–Crippen MR) is 62.8 cm³/mol. The van der Waals surface area contributed by atoms with E-state index in [1.54, 1.807) is 0 Å². The summed E-state index contributed by atoms with van der Waals surface area (Å²) in [5.74, 6) is 1.06. The number of imidazole rings is 1. The summed E-state index contributed by atoms with van der Waals surface area (Å²) in [5.41, 5.74) is 3.61. The minimum Gasteiger partial charge on any atom is -0.331 e. The van der Waals surface area contributed by atoms with Gasteiger partial charge in [-0.1, -0.05) is 6.07 Å². The van der Waals surface area contributed by atoms with Crippen LogP contribution in [0.25, 0.3) is 11.0 Å². The molecule has 0 atom stereocenters. The molecule has 2 aromatic rings. The van der Waals surface area contributed by atoms with Crippen LogP contribution >= 0.6 is 0 Å². The molecule has 1 aromatic heterocycles. The topological polar surface area (TPSA) is 21.1 Å². The predicted octanol–water partition coefficient (Wildman–Crippen LogP) is 1.94. The number of aromatic nitrogens is 2. The molecule has 1 heterocycles. The lowest BCUT2D eigenvalue weighted by Gasteiger charge is -2.09. The maximum absolute atomic E-state index is 4.53. The van der Waals surface area contributed by atoms with Crippen LogP contribution in [0.2, 0.25) is 0 Å². The average molecular weight is 203 g/mol. The molecule has 1 aromatic carbocycles. The summed E-state index contributed by atoms with van der Waals surface area (Å²) in [6.07, 6.45) is 0. The van der Waals surface area contributed by atoms with Gasteiger partial charge in [-0.25, -0.2) is 4.98 Å². The van der Waals surface area contributed by atoms with Crippen molar-refractivity contribution in [3.8, 4) is 0 Å². The molecule has 0 saturated carbocycles. The Kier molecular flexibility index (Phi) is 2.49. The highest BCUT2D eigenvalue weighted by molar-refractivity contribution is 5.76. The second-order valence-electron chi connectivity index (χ2n) is 4.28. The first-order valence-corrected chi connectivity index (χ1v) is 5.14. The Labute approximate surface area is 90.3 Å². The molecule has 0 aliphatic heterocycles. The summed E-state index contributed by atoms with van der Waals surface area (Å²) in [6.45, 7) is 3.00. The SMILES string of the molecule is Cc1nc2cc(CN(C)C)ccc2n1C. The highest BCUT2D eigenvalue weighted by atomic mass is 15.1. The summed E-state index contributed by atoms with van der Waals surface area (Å²) in [4.78, 5) is 6.69. The minimum absolute atomic E-state index is 0.964. The van der Waals surface area contributed by atoms with Crippen molar-refractivity contribution in [2.24, 2.45) is 7.05 Å². The summed E-state index contributed by atoms with van der Waals surface area (Å²) >= 11 is 0. The molecule has 0 fully saturated rings. The number of fused-ring (bicyclic) bond motifs is 1. The van der Waals surface area contributed by atoms with Gasteiger partial charge < -0.3 is 9.47 Å². The zero-order valence-electron chi connectivity index (χ0n) is 9.78. The van der Waals surface area contributed by atoms with Gasteiger partial charge in [-0.2, -0.15) is 0 Å². The van der Waals surface area contributed by atoms with Gasteiger partial charge in [0.05, 0.1) is 11.0 Å². The van der Waals surface area contributed by atoms with Crippen LogP contribution < -0.4 is 0 Å². The van der Waals surface area contributed by atoms with Crippen molar-refractivity contribution in [2.45, 2.75) is 13.5 Å². The molecule has 0 bridgehead atoms. The van der Waals surface area contributed by atoms with Crippen LogP contribution in [0, 0.1) is 6.92 Å². The number of hydrogen-bond acceptors (Lipinski definition) is 2. The summed E-state index contributed by atoms with van der Waals surface area (Å²) in [7, 11) is 6.21. The lowest BCUT2D eigenvalue weighted by Crippen LogP contribution is -2.10. The summed E-state index contributed by atoms with van der Waals surface area (Å²) in [5, 5.41) is 0. The fourth-order valence-corrected chi connectivity index (χ4v) is 1.83. The Morgan fingerprint density at radius 1 is 1.33 bits per heavy atom. The average Bonchev–Trinajstić information content (AvgIpc) is 2.41. The molecule has 0 radical (unpaired) electrons. The molecule has 0 saturated heterocycles. The Bertz CT molecular complexity index is 483. The normalized spacial score (nSPS) is 11.5. The molecule has 0 aliphatic rings. The molecule has 80 valence electrons. The van der Waals surface area contributed by atoms with Crippen LogP contribution in [-0.4, -0.2) is 28.5 Å². The summed E-state index contributed by atoms with van der Waals surface area (Å²) in [6, 6.07) is 6.49. The first kappa shape index (κ1) is 10.2. The van der Waals surface area contributed by atoms with E-state index in [4.69, 9.17) is 0 Å². The van der Waals surface area contributed by atoms with E-state index >= 15 is 0 Å². The first-order chi connectivity index (χ1) is 7.08. The zero-order chi connectivity index (χ0) is 11.0. The largest absolute Gasteiger partial charge is 0.331 e. The molecular weight excluding hydrogens is 186 g/mol. The van der Waals surface area contributed by atoms with Gasteiger partial charge in [0, 0.05) is 13.6 Å². The lowest BCUT2D eigenvalue weighted by atomic mass is 10.2. The van der Waals surface area contributed by atoms with Gasteiger partial charge in [0.2, 0.25) is 0 Å². The van der Waals surface area contributed by atoms with E-state index in [9.17, 15) is 0 Å². The Hall–Kier alpha value is -1.35. The first-order valence-electron chi connectivity index (χ1n) is 5.14. The third-order valence-electron chi connectivity index (χ3n) is 2.67. The third-order valence-corrected chi connectivity index (χ3v) is 2.67. The fraction of sp³-hybridized carbons (Fsp3) is 0.417. The molecule has 0 aliphatic carbocycles. The van der Waals surface area contributed by atoms with Crippen molar-refractivity contribution < 1.29 is 0 Å². The van der Waals surface area contributed by atoms with E-state index in [1.165, 1.54) is 11.1 Å². The third kappa shape index (κ3) is 1.88. The van der Waals surface area contributed by atoms with Crippen LogP contribution in [0.4, 0.5) is 0 Å². The van der Waals surface area contributed by atoms with Crippen molar-refractivity contribution in [1.82, 2.24) is 14.5 Å². The van der Waals surface area contributed by atoms with Crippen LogP contribution in [-0.2, 0) is 13.6 Å². The monoisotopic (exact) mass is 203 g/mol. The maximum Gasteiger partial charge on any atom is 0.106 e. The highest BCUT2D eigenvalue weighted by Gasteiger charge is 2.04. The molecule has 0 unspecified atom stereocenters. The van der Waals surface area contributed by atoms with E-state index in [2.05, 4.69) is 53.8 Å². The van der Waals surface area contributed by atoms with Crippen molar-refractivity contribution in [3.63, 3.8) is 0 Å². The molecule has 3 nitrogen and oxygen atoms in total. The fourth-order valence-electron chi connectivity index (χ4n) is 1.83. The Morgan fingerprint density at radius 2 is 2.07 bits per heavy atom. The van der Waals surface area contributed by atoms with Crippen LogP contribution in [0.15, 0.2) is 18.2 Å². The lowest BCUT2D eigenvalue weighted by molar-refractivity contribution is 0.402. The van der Waals surface area contributed by atoms with Gasteiger partial charge in [0.1, 0.15) is 5.82 Å². The van der Waals surface area contributed by atoms with Crippen LogP contribution in [0.1, 0.15) is 11.4 Å². The van der Waals surface area contributed by atoms with Crippen LogP contribution in [0.3, 0.4) is 0 Å². The van der Waals surface area contributed by atoms with E-state index in [1.807, 2.05) is 6.92 Å². The van der Waals surface area contributed by atoms with Crippen molar-refractivity contribution in [2.75, 3.05) is 14.1 Å². The van der Waals surface area contributed by atoms with Gasteiger partial charge in [-0.05, 0) is 38.7 Å². The van der Waals surface area contributed by atoms with Gasteiger partial charge in [0.25, 0.3) is 0 Å². The highest BCUT2D eigenvalue weighted by Crippen LogP contribution is 2.16. The number of benzene rings is 1. The quantitative estimate of drug-likeness (QED) is 0.743. The van der Waals surface area contributed by atoms with E-state index in [-0.39, 0.29) is 0 Å². The Morgan fingerprint density at radius 3 is 2.73 bits per heavy atom. The minimum atomic E-state index is 0.964. The maximum atomic E-state index is 4.53. The van der Waals surface area contributed by atoms with Gasteiger partial charge >= 0.3 is 0 Å². The second-order valence-corrected chi connectivity index (χ2v) is 4.28. The number of hydrogen-bond donors (Lipinski definition) is 0. The van der Waals surface area contributed by atoms with Crippen molar-refractivity contribution >= 4 is 11.0 Å². The van der Waals surface area contributed by atoms with E-state index in [0.29, 0.717) is 0 Å². The van der Waals surface area contributed by atoms with E-state index in [0.717, 1.165) is 17.9 Å². The second kappa shape index (κ2) is 3.66. The molecule has 0 N–H and O–H groups in total. The standard InChI is InChI=1S/C12H17N3/c1-9-13-11-7-10(8-14(2)3)5-6-12(11)15(9)4/h5-7H,8H2,1-4H3. The summed E-state index contributed by atoms with van der Waals surface area (Å²) < 4.78 is 2.12. The molecule has 3 heteroatoms. The number of rotatable bonds is 2. The van der Waals surface area contributed by atoms with Crippen molar-refractivity contribution in [3.05, 3.63) is 29.6 Å². The smallest absolute Gasteiger partial charge is 0.106 e. The zero-order valence-corrected chi connectivity index (χ0v) is 9.78.